The summed E-state index contributed by atoms with van der Waals surface area (Å²) in [7, 11) is 0. The molecule has 7 nitrogen and oxygen atoms in total. The van der Waals surface area contributed by atoms with Crippen molar-refractivity contribution in [2.75, 3.05) is 11.9 Å². The minimum atomic E-state index is -0.994. The Morgan fingerprint density at radius 3 is 1.43 bits per heavy atom. The Kier molecular flexibility index (Phi) is 9.94. The summed E-state index contributed by atoms with van der Waals surface area (Å²) in [5.74, 6) is 0.582. The highest BCUT2D eigenvalue weighted by Gasteiger charge is 2.42. The van der Waals surface area contributed by atoms with E-state index in [1.165, 1.54) is 0 Å². The van der Waals surface area contributed by atoms with Gasteiger partial charge in [0.15, 0.2) is 5.65 Å². The molecular formula is C51H40N6O. The number of benzene rings is 6. The van der Waals surface area contributed by atoms with E-state index >= 15 is 0 Å². The number of fused-ring (bicyclic) bond motifs is 1. The SMILES string of the molecule is OC/C=C(\c1cccnc1)c1cc(NC(c2ccccc2)(c2ccccc2)c2ccccc2)nc2c1nnn2C(c1ccccc1)(c1ccccc1)c1ccccc1. The second-order valence-electron chi connectivity index (χ2n) is 14.1. The van der Waals surface area contributed by atoms with Crippen molar-refractivity contribution in [3.8, 4) is 0 Å². The van der Waals surface area contributed by atoms with Gasteiger partial charge in [-0.2, -0.15) is 0 Å². The van der Waals surface area contributed by atoms with Crippen molar-refractivity contribution in [2.24, 2.45) is 0 Å². The van der Waals surface area contributed by atoms with E-state index < -0.39 is 11.1 Å². The van der Waals surface area contributed by atoms with Crippen molar-refractivity contribution in [1.29, 1.82) is 0 Å². The first-order valence-electron chi connectivity index (χ1n) is 19.3. The highest BCUT2D eigenvalue weighted by Crippen LogP contribution is 2.44. The van der Waals surface area contributed by atoms with Crippen LogP contribution in [0.15, 0.2) is 219 Å². The van der Waals surface area contributed by atoms with Gasteiger partial charge in [-0.15, -0.1) is 5.10 Å². The minimum Gasteiger partial charge on any atom is -0.392 e. The normalized spacial score (nSPS) is 12.1. The number of nitrogens with one attached hydrogen (secondary N) is 1. The zero-order valence-electron chi connectivity index (χ0n) is 31.7. The Morgan fingerprint density at radius 2 is 1.02 bits per heavy atom. The quantitative estimate of drug-likeness (QED) is 0.121. The summed E-state index contributed by atoms with van der Waals surface area (Å²) in [5, 5.41) is 24.6. The summed E-state index contributed by atoms with van der Waals surface area (Å²) in [6.45, 7) is -0.199. The van der Waals surface area contributed by atoms with E-state index in [2.05, 4.69) is 156 Å². The van der Waals surface area contributed by atoms with Crippen LogP contribution in [0.2, 0.25) is 0 Å². The summed E-state index contributed by atoms with van der Waals surface area (Å²) >= 11 is 0. The van der Waals surface area contributed by atoms with E-state index in [9.17, 15) is 5.11 Å². The molecule has 0 atom stereocenters. The molecule has 0 aliphatic heterocycles. The highest BCUT2D eigenvalue weighted by atomic mass is 16.2. The van der Waals surface area contributed by atoms with Crippen LogP contribution in [0.25, 0.3) is 16.7 Å². The first kappa shape index (κ1) is 36.2. The van der Waals surface area contributed by atoms with Crippen LogP contribution in [0.1, 0.15) is 44.5 Å². The van der Waals surface area contributed by atoms with Crippen LogP contribution in [0.4, 0.5) is 5.82 Å². The van der Waals surface area contributed by atoms with Crippen LogP contribution < -0.4 is 5.32 Å². The maximum atomic E-state index is 10.5. The Hall–Kier alpha value is -7.48. The van der Waals surface area contributed by atoms with Gasteiger partial charge in [-0.25, -0.2) is 9.67 Å². The number of hydrogen-bond acceptors (Lipinski definition) is 6. The molecule has 0 saturated carbocycles. The van der Waals surface area contributed by atoms with Gasteiger partial charge < -0.3 is 10.4 Å². The van der Waals surface area contributed by atoms with Crippen molar-refractivity contribution >= 4 is 22.6 Å². The maximum Gasteiger partial charge on any atom is 0.182 e. The van der Waals surface area contributed by atoms with Gasteiger partial charge in [-0.05, 0) is 51.1 Å². The fourth-order valence-corrected chi connectivity index (χ4v) is 8.27. The van der Waals surface area contributed by atoms with Gasteiger partial charge in [-0.3, -0.25) is 4.98 Å². The summed E-state index contributed by atoms with van der Waals surface area (Å²) < 4.78 is 1.96. The molecule has 0 amide bonds. The monoisotopic (exact) mass is 752 g/mol. The standard InChI is InChI=1S/C51H40N6O/c58-35-33-45(38-20-19-34-52-37-38)46-36-47(54-50(39-21-7-1-8-22-39,40-23-9-2-10-24-40)41-25-11-3-12-26-41)53-49-48(46)55-56-57(49)51(42-27-13-4-14-28-42,43-29-15-5-16-30-43)44-31-17-6-18-32-44/h1-34,36-37,58H,35H2,(H,53,54)/b45-33+. The molecule has 0 bridgehead atoms. The third-order valence-corrected chi connectivity index (χ3v) is 10.8. The van der Waals surface area contributed by atoms with Crippen molar-refractivity contribution < 1.29 is 5.11 Å². The Labute approximate surface area is 337 Å². The topological polar surface area (TPSA) is 88.8 Å². The Morgan fingerprint density at radius 1 is 0.569 bits per heavy atom. The van der Waals surface area contributed by atoms with Crippen LogP contribution in [-0.4, -0.2) is 36.7 Å². The van der Waals surface area contributed by atoms with Crippen molar-refractivity contribution in [1.82, 2.24) is 25.0 Å². The molecule has 0 aliphatic rings. The zero-order chi connectivity index (χ0) is 39.2. The molecule has 0 saturated heterocycles. The van der Waals surface area contributed by atoms with Crippen LogP contribution in [0.5, 0.6) is 0 Å². The number of rotatable bonds is 12. The number of pyridine rings is 2. The van der Waals surface area contributed by atoms with Crippen LogP contribution in [0.3, 0.4) is 0 Å². The Bertz CT molecular complexity index is 2570. The van der Waals surface area contributed by atoms with E-state index in [0.717, 1.165) is 50.1 Å². The molecule has 0 fully saturated rings. The summed E-state index contributed by atoms with van der Waals surface area (Å²) in [5.41, 5.74) is 7.65. The fourth-order valence-electron chi connectivity index (χ4n) is 8.27. The van der Waals surface area contributed by atoms with E-state index in [-0.39, 0.29) is 6.61 Å². The molecule has 3 aromatic heterocycles. The predicted molar refractivity (Wildman–Crippen MR) is 231 cm³/mol. The molecule has 0 radical (unpaired) electrons. The average molecular weight is 753 g/mol. The summed E-state index contributed by atoms with van der Waals surface area (Å²) in [4.78, 5) is 10.0. The number of nitrogens with zero attached hydrogens (tertiary/aromatic N) is 5. The first-order valence-corrected chi connectivity index (χ1v) is 19.3. The molecule has 0 spiro atoms. The largest absolute Gasteiger partial charge is 0.392 e. The lowest BCUT2D eigenvalue weighted by atomic mass is 9.77. The smallest absolute Gasteiger partial charge is 0.182 e. The van der Waals surface area contributed by atoms with Crippen molar-refractivity contribution in [2.45, 2.75) is 11.1 Å². The molecule has 3 heterocycles. The van der Waals surface area contributed by atoms with Crippen LogP contribution in [-0.2, 0) is 11.1 Å². The van der Waals surface area contributed by atoms with E-state index in [1.807, 2.05) is 59.3 Å². The fraction of sp³-hybridized carbons (Fsp3) is 0.0588. The molecular weight excluding hydrogens is 713 g/mol. The van der Waals surface area contributed by atoms with Gasteiger partial charge in [-0.1, -0.05) is 199 Å². The first-order chi connectivity index (χ1) is 28.7. The second-order valence-corrected chi connectivity index (χ2v) is 14.1. The van der Waals surface area contributed by atoms with Gasteiger partial charge in [0.2, 0.25) is 0 Å². The lowest BCUT2D eigenvalue weighted by molar-refractivity contribution is 0.343. The lowest BCUT2D eigenvalue weighted by Crippen LogP contribution is -2.39. The van der Waals surface area contributed by atoms with E-state index in [0.29, 0.717) is 17.0 Å². The van der Waals surface area contributed by atoms with Gasteiger partial charge >= 0.3 is 0 Å². The third-order valence-electron chi connectivity index (χ3n) is 10.8. The van der Waals surface area contributed by atoms with Crippen LogP contribution in [0, 0.1) is 0 Å². The number of anilines is 1. The highest BCUT2D eigenvalue weighted by molar-refractivity contribution is 5.94. The maximum absolute atomic E-state index is 10.5. The number of aromatic nitrogens is 5. The molecule has 9 rings (SSSR count). The summed E-state index contributed by atoms with van der Waals surface area (Å²) in [6, 6.07) is 68.5. The zero-order valence-corrected chi connectivity index (χ0v) is 31.7. The van der Waals surface area contributed by atoms with E-state index in [4.69, 9.17) is 15.3 Å². The molecule has 9 aromatic rings. The number of aliphatic hydroxyl groups is 1. The minimum absolute atomic E-state index is 0.199. The third kappa shape index (κ3) is 6.33. The number of aliphatic hydroxyl groups excluding tert-OH is 1. The molecule has 6 aromatic carbocycles. The Balaban J connectivity index is 1.41. The van der Waals surface area contributed by atoms with Crippen LogP contribution >= 0.6 is 0 Å². The number of hydrogen-bond donors (Lipinski definition) is 2. The average Bonchev–Trinajstić information content (AvgIpc) is 3.74. The predicted octanol–water partition coefficient (Wildman–Crippen LogP) is 9.89. The van der Waals surface area contributed by atoms with Gasteiger partial charge in [0.25, 0.3) is 0 Å². The van der Waals surface area contributed by atoms with Crippen molar-refractivity contribution in [3.63, 3.8) is 0 Å². The van der Waals surface area contributed by atoms with Gasteiger partial charge in [0.1, 0.15) is 22.4 Å². The molecule has 0 aliphatic carbocycles. The molecule has 58 heavy (non-hydrogen) atoms. The second kappa shape index (κ2) is 15.9. The van der Waals surface area contributed by atoms with E-state index in [1.54, 1.807) is 18.5 Å². The lowest BCUT2D eigenvalue weighted by Gasteiger charge is -2.38. The van der Waals surface area contributed by atoms with Gasteiger partial charge in [0, 0.05) is 23.5 Å². The molecule has 0 unspecified atom stereocenters. The summed E-state index contributed by atoms with van der Waals surface area (Å²) in [6.07, 6.45) is 5.34. The molecule has 7 heteroatoms. The van der Waals surface area contributed by atoms with Crippen molar-refractivity contribution in [3.05, 3.63) is 263 Å². The van der Waals surface area contributed by atoms with Gasteiger partial charge in [0.05, 0.1) is 6.61 Å². The molecule has 2 N–H and O–H groups in total. The molecule has 280 valence electrons.